The van der Waals surface area contributed by atoms with Gasteiger partial charge in [0, 0.05) is 23.0 Å². The molecule has 2 aromatic carbocycles. The number of aryl methyl sites for hydroxylation is 2. The minimum Gasteiger partial charge on any atom is -0.350 e. The molecule has 1 heterocycles. The maximum Gasteiger partial charge on any atom is 0.293 e. The van der Waals surface area contributed by atoms with Gasteiger partial charge in [-0.1, -0.05) is 12.1 Å². The van der Waals surface area contributed by atoms with Crippen LogP contribution in [0, 0.1) is 24.0 Å². The third-order valence-corrected chi connectivity index (χ3v) is 4.24. The highest BCUT2D eigenvalue weighted by atomic mass is 16.6. The number of nitrogens with one attached hydrogen (secondary N) is 1. The predicted molar refractivity (Wildman–Crippen MR) is 104 cm³/mol. The summed E-state index contributed by atoms with van der Waals surface area (Å²) < 4.78 is 1.92. The number of ketones is 1. The molecule has 3 rings (SSSR count). The van der Waals surface area contributed by atoms with E-state index in [4.69, 9.17) is 0 Å². The van der Waals surface area contributed by atoms with E-state index in [0.29, 0.717) is 17.8 Å². The Bertz CT molecular complexity index is 1020. The summed E-state index contributed by atoms with van der Waals surface area (Å²) in [5, 5.41) is 18.9. The van der Waals surface area contributed by atoms with Gasteiger partial charge in [0.15, 0.2) is 5.78 Å². The molecule has 0 saturated heterocycles. The number of nitrogens with zero attached hydrogens (tertiary/aromatic N) is 3. The number of rotatable bonds is 6. The molecule has 0 amide bonds. The Morgan fingerprint density at radius 2 is 1.96 bits per heavy atom. The molecular formula is C20H20N4O3. The van der Waals surface area contributed by atoms with Gasteiger partial charge in [0.1, 0.15) is 5.69 Å². The van der Waals surface area contributed by atoms with Crippen LogP contribution in [-0.4, -0.2) is 20.5 Å². The van der Waals surface area contributed by atoms with Gasteiger partial charge in [0.2, 0.25) is 0 Å². The Kier molecular flexibility index (Phi) is 5.03. The van der Waals surface area contributed by atoms with Crippen LogP contribution in [0.25, 0.3) is 0 Å². The largest absolute Gasteiger partial charge is 0.350 e. The molecule has 1 aromatic heterocycles. The number of nitro groups is 1. The summed E-state index contributed by atoms with van der Waals surface area (Å²) in [5.74, 6) is -0.212. The molecule has 0 bridgehead atoms. The van der Waals surface area contributed by atoms with Crippen LogP contribution in [0.5, 0.6) is 0 Å². The number of hydrogen-bond donors (Lipinski definition) is 1. The molecule has 0 atom stereocenters. The van der Waals surface area contributed by atoms with Crippen LogP contribution in [0.3, 0.4) is 0 Å². The molecule has 7 heteroatoms. The van der Waals surface area contributed by atoms with E-state index in [-0.39, 0.29) is 11.5 Å². The molecule has 0 fully saturated rings. The van der Waals surface area contributed by atoms with E-state index in [1.165, 1.54) is 13.0 Å². The van der Waals surface area contributed by atoms with Gasteiger partial charge >= 0.3 is 0 Å². The number of carbonyl (C=O) groups is 1. The quantitative estimate of drug-likeness (QED) is 0.398. The maximum atomic E-state index is 11.5. The minimum atomic E-state index is -0.492. The van der Waals surface area contributed by atoms with Gasteiger partial charge in [-0.05, 0) is 56.7 Å². The van der Waals surface area contributed by atoms with Crippen LogP contribution < -0.4 is 5.32 Å². The van der Waals surface area contributed by atoms with Gasteiger partial charge in [-0.2, -0.15) is 5.10 Å². The zero-order valence-corrected chi connectivity index (χ0v) is 15.4. The number of hydrogen-bond acceptors (Lipinski definition) is 5. The smallest absolute Gasteiger partial charge is 0.293 e. The zero-order valence-electron chi connectivity index (χ0n) is 15.4. The van der Waals surface area contributed by atoms with Crippen LogP contribution in [0.4, 0.5) is 17.1 Å². The lowest BCUT2D eigenvalue weighted by molar-refractivity contribution is -0.383. The predicted octanol–water partition coefficient (Wildman–Crippen LogP) is 4.40. The van der Waals surface area contributed by atoms with E-state index in [0.717, 1.165) is 22.6 Å². The summed E-state index contributed by atoms with van der Waals surface area (Å²) in [4.78, 5) is 22.4. The first-order valence-electron chi connectivity index (χ1n) is 8.50. The van der Waals surface area contributed by atoms with Crippen molar-refractivity contribution in [1.82, 2.24) is 9.78 Å². The molecule has 0 radical (unpaired) electrons. The van der Waals surface area contributed by atoms with E-state index in [1.807, 2.05) is 48.9 Å². The van der Waals surface area contributed by atoms with Crippen molar-refractivity contribution in [3.63, 3.8) is 0 Å². The van der Waals surface area contributed by atoms with E-state index in [9.17, 15) is 14.9 Å². The zero-order chi connectivity index (χ0) is 19.6. The lowest BCUT2D eigenvalue weighted by atomic mass is 10.1. The topological polar surface area (TPSA) is 90.1 Å². The molecule has 0 spiro atoms. The van der Waals surface area contributed by atoms with Crippen molar-refractivity contribution in [3.8, 4) is 0 Å². The summed E-state index contributed by atoms with van der Waals surface area (Å²) in [7, 11) is 0. The second-order valence-corrected chi connectivity index (χ2v) is 6.46. The lowest BCUT2D eigenvalue weighted by Gasteiger charge is -2.10. The van der Waals surface area contributed by atoms with Crippen molar-refractivity contribution in [3.05, 3.63) is 81.2 Å². The van der Waals surface area contributed by atoms with E-state index < -0.39 is 4.92 Å². The molecule has 0 aliphatic carbocycles. The number of aromatic nitrogens is 2. The molecule has 3 aromatic rings. The highest BCUT2D eigenvalue weighted by Gasteiger charge is 2.16. The Hall–Kier alpha value is -3.48. The number of Topliss-reactive ketones (excluding diaryl/α,β-unsaturated/α-hetero) is 1. The SMILES string of the molecule is CC(=O)c1ccc(Nc2cccc(Cn3nc(C)cc3C)c2)c([N+](=O)[O-])c1. The van der Waals surface area contributed by atoms with Crippen LogP contribution in [0.2, 0.25) is 0 Å². The van der Waals surface area contributed by atoms with Gasteiger partial charge in [0.25, 0.3) is 5.69 Å². The van der Waals surface area contributed by atoms with Crippen molar-refractivity contribution in [2.24, 2.45) is 0 Å². The fourth-order valence-corrected chi connectivity index (χ4v) is 2.92. The summed E-state index contributed by atoms with van der Waals surface area (Å²) in [5.41, 5.74) is 4.30. The van der Waals surface area contributed by atoms with Crippen molar-refractivity contribution in [2.45, 2.75) is 27.3 Å². The Morgan fingerprint density at radius 1 is 1.19 bits per heavy atom. The standard InChI is InChI=1S/C20H20N4O3/c1-13-9-14(2)23(22-13)12-16-5-4-6-18(10-16)21-19-8-7-17(15(3)25)11-20(19)24(26)27/h4-11,21H,12H2,1-3H3. The number of anilines is 2. The highest BCUT2D eigenvalue weighted by Crippen LogP contribution is 2.29. The summed E-state index contributed by atoms with van der Waals surface area (Å²) in [6, 6.07) is 14.1. The van der Waals surface area contributed by atoms with Gasteiger partial charge < -0.3 is 5.32 Å². The van der Waals surface area contributed by atoms with Crippen LogP contribution in [0.15, 0.2) is 48.5 Å². The van der Waals surface area contributed by atoms with E-state index >= 15 is 0 Å². The first kappa shape index (κ1) is 18.3. The molecule has 7 nitrogen and oxygen atoms in total. The lowest BCUT2D eigenvalue weighted by Crippen LogP contribution is -2.04. The van der Waals surface area contributed by atoms with Crippen molar-refractivity contribution < 1.29 is 9.72 Å². The third kappa shape index (κ3) is 4.20. The first-order chi connectivity index (χ1) is 12.8. The normalized spacial score (nSPS) is 10.6. The molecule has 0 saturated carbocycles. The molecule has 27 heavy (non-hydrogen) atoms. The minimum absolute atomic E-state index is 0.133. The second-order valence-electron chi connectivity index (χ2n) is 6.46. The first-order valence-corrected chi connectivity index (χ1v) is 8.50. The van der Waals surface area contributed by atoms with Crippen molar-refractivity contribution in [2.75, 3.05) is 5.32 Å². The molecule has 1 N–H and O–H groups in total. The fraction of sp³-hybridized carbons (Fsp3) is 0.200. The maximum absolute atomic E-state index is 11.5. The Morgan fingerprint density at radius 3 is 2.59 bits per heavy atom. The molecule has 0 aliphatic rings. The summed E-state index contributed by atoms with van der Waals surface area (Å²) >= 11 is 0. The van der Waals surface area contributed by atoms with Gasteiger partial charge in [-0.15, -0.1) is 0 Å². The number of nitro benzene ring substituents is 1. The van der Waals surface area contributed by atoms with Gasteiger partial charge in [-0.3, -0.25) is 19.6 Å². The van der Waals surface area contributed by atoms with Crippen molar-refractivity contribution >= 4 is 22.8 Å². The number of carbonyl (C=O) groups excluding carboxylic acids is 1. The molecule has 138 valence electrons. The molecule has 0 aliphatic heterocycles. The summed E-state index contributed by atoms with van der Waals surface area (Å²) in [6.07, 6.45) is 0. The van der Waals surface area contributed by atoms with Crippen LogP contribution >= 0.6 is 0 Å². The summed E-state index contributed by atoms with van der Waals surface area (Å²) in [6.45, 7) is 5.95. The second kappa shape index (κ2) is 7.41. The average molecular weight is 364 g/mol. The van der Waals surface area contributed by atoms with Crippen LogP contribution in [-0.2, 0) is 6.54 Å². The average Bonchev–Trinajstić information content (AvgIpc) is 2.92. The van der Waals surface area contributed by atoms with E-state index in [2.05, 4.69) is 10.4 Å². The van der Waals surface area contributed by atoms with Gasteiger partial charge in [-0.25, -0.2) is 0 Å². The highest BCUT2D eigenvalue weighted by molar-refractivity contribution is 5.95. The van der Waals surface area contributed by atoms with E-state index in [1.54, 1.807) is 12.1 Å². The third-order valence-electron chi connectivity index (χ3n) is 4.24. The Balaban J connectivity index is 1.87. The number of benzene rings is 2. The van der Waals surface area contributed by atoms with Crippen molar-refractivity contribution in [1.29, 1.82) is 0 Å². The molecule has 0 unspecified atom stereocenters. The fourth-order valence-electron chi connectivity index (χ4n) is 2.92. The van der Waals surface area contributed by atoms with Gasteiger partial charge in [0.05, 0.1) is 17.2 Å². The Labute approximate surface area is 156 Å². The molecular weight excluding hydrogens is 344 g/mol. The van der Waals surface area contributed by atoms with Crippen LogP contribution in [0.1, 0.15) is 34.2 Å². The monoisotopic (exact) mass is 364 g/mol.